The summed E-state index contributed by atoms with van der Waals surface area (Å²) in [5.41, 5.74) is 3.37. The summed E-state index contributed by atoms with van der Waals surface area (Å²) in [6.45, 7) is 6.50. The summed E-state index contributed by atoms with van der Waals surface area (Å²) >= 11 is 1.67. The van der Waals surface area contributed by atoms with Gasteiger partial charge in [-0.1, -0.05) is 32.9 Å². The van der Waals surface area contributed by atoms with Crippen molar-refractivity contribution in [1.82, 2.24) is 0 Å². The Hall–Kier alpha value is -1.66. The number of thiophene rings is 1. The standard InChI is InChI=1S/C24H34O4S/c1-4-18(8-7-11-24(27,5-2)6-3)21-13-23(29-17-21)16-28-22-10-9-19(14-25)20(12-22)15-26/h8-10,12-13,17,25-27H,4-7,11,14-16H2,1-3H3/b18-8+. The minimum atomic E-state index is -0.554. The maximum atomic E-state index is 10.5. The van der Waals surface area contributed by atoms with Crippen LogP contribution in [-0.2, 0) is 19.8 Å². The van der Waals surface area contributed by atoms with Gasteiger partial charge in [-0.15, -0.1) is 11.3 Å². The Labute approximate surface area is 178 Å². The molecule has 160 valence electrons. The van der Waals surface area contributed by atoms with Gasteiger partial charge in [-0.2, -0.15) is 0 Å². The number of aliphatic hydroxyl groups excluding tert-OH is 2. The topological polar surface area (TPSA) is 69.9 Å². The number of hydrogen-bond acceptors (Lipinski definition) is 5. The largest absolute Gasteiger partial charge is 0.488 e. The molecule has 1 heterocycles. The molecule has 1 aromatic heterocycles. The van der Waals surface area contributed by atoms with Crippen molar-refractivity contribution in [3.05, 3.63) is 57.3 Å². The van der Waals surface area contributed by atoms with E-state index in [2.05, 4.69) is 24.4 Å². The summed E-state index contributed by atoms with van der Waals surface area (Å²) in [7, 11) is 0. The van der Waals surface area contributed by atoms with Crippen LogP contribution in [0.2, 0.25) is 0 Å². The predicted octanol–water partition coefficient (Wildman–Crippen LogP) is 5.44. The van der Waals surface area contributed by atoms with Crippen LogP contribution in [0.5, 0.6) is 5.75 Å². The Morgan fingerprint density at radius 2 is 1.79 bits per heavy atom. The van der Waals surface area contributed by atoms with Crippen LogP contribution in [0.4, 0.5) is 0 Å². The summed E-state index contributed by atoms with van der Waals surface area (Å²) in [6.07, 6.45) is 6.46. The first-order valence-electron chi connectivity index (χ1n) is 10.4. The SMILES string of the molecule is CC/C(=C\CCC(O)(CC)CC)c1csc(COc2ccc(CO)c(CO)c2)c1. The number of hydrogen-bond donors (Lipinski definition) is 3. The van der Waals surface area contributed by atoms with Gasteiger partial charge in [-0.05, 0) is 77.9 Å². The van der Waals surface area contributed by atoms with E-state index in [1.165, 1.54) is 11.1 Å². The second kappa shape index (κ2) is 11.5. The van der Waals surface area contributed by atoms with Gasteiger partial charge in [-0.25, -0.2) is 0 Å². The summed E-state index contributed by atoms with van der Waals surface area (Å²) in [5.74, 6) is 0.686. The molecule has 0 atom stereocenters. The second-order valence-corrected chi connectivity index (χ2v) is 8.39. The minimum absolute atomic E-state index is 0.0928. The third-order valence-corrected chi connectivity index (χ3v) is 6.53. The first-order valence-corrected chi connectivity index (χ1v) is 11.3. The van der Waals surface area contributed by atoms with Crippen LogP contribution >= 0.6 is 11.3 Å². The Morgan fingerprint density at radius 3 is 2.41 bits per heavy atom. The Balaban J connectivity index is 1.99. The maximum Gasteiger partial charge on any atom is 0.122 e. The molecule has 0 aliphatic rings. The fourth-order valence-corrected chi connectivity index (χ4v) is 4.18. The van der Waals surface area contributed by atoms with Gasteiger partial charge >= 0.3 is 0 Å². The molecule has 1 aromatic carbocycles. The fourth-order valence-electron chi connectivity index (χ4n) is 3.36. The molecule has 3 N–H and O–H groups in total. The molecular weight excluding hydrogens is 384 g/mol. The predicted molar refractivity (Wildman–Crippen MR) is 120 cm³/mol. The molecule has 0 bridgehead atoms. The molecule has 29 heavy (non-hydrogen) atoms. The van der Waals surface area contributed by atoms with Crippen LogP contribution in [0.15, 0.2) is 35.7 Å². The monoisotopic (exact) mass is 418 g/mol. The third-order valence-electron chi connectivity index (χ3n) is 5.62. The molecule has 0 aliphatic carbocycles. The minimum Gasteiger partial charge on any atom is -0.488 e. The average molecular weight is 419 g/mol. The molecule has 0 fully saturated rings. The van der Waals surface area contributed by atoms with Crippen LogP contribution in [0.3, 0.4) is 0 Å². The fraction of sp³-hybridized carbons (Fsp3) is 0.500. The quantitative estimate of drug-likeness (QED) is 0.429. The molecule has 4 nitrogen and oxygen atoms in total. The first-order chi connectivity index (χ1) is 14.0. The molecule has 0 unspecified atom stereocenters. The number of ether oxygens (including phenoxy) is 1. The molecule has 2 rings (SSSR count). The van der Waals surface area contributed by atoms with Crippen LogP contribution in [0.1, 0.15) is 74.4 Å². The molecule has 0 aliphatic heterocycles. The van der Waals surface area contributed by atoms with E-state index in [9.17, 15) is 15.3 Å². The van der Waals surface area contributed by atoms with Crippen molar-refractivity contribution in [2.45, 2.75) is 78.3 Å². The van der Waals surface area contributed by atoms with E-state index < -0.39 is 5.60 Å². The molecule has 2 aromatic rings. The summed E-state index contributed by atoms with van der Waals surface area (Å²) in [4.78, 5) is 1.13. The summed E-state index contributed by atoms with van der Waals surface area (Å²) in [5, 5.41) is 31.3. The van der Waals surface area contributed by atoms with E-state index in [1.807, 2.05) is 19.9 Å². The molecule has 0 radical (unpaired) electrons. The Bertz CT molecular complexity index is 790. The van der Waals surface area contributed by atoms with Crippen molar-refractivity contribution in [1.29, 1.82) is 0 Å². The average Bonchev–Trinajstić information content (AvgIpc) is 3.23. The third kappa shape index (κ3) is 6.68. The molecule has 5 heteroatoms. The van der Waals surface area contributed by atoms with E-state index >= 15 is 0 Å². The Kier molecular flexibility index (Phi) is 9.37. The molecule has 0 saturated heterocycles. The summed E-state index contributed by atoms with van der Waals surface area (Å²) in [6, 6.07) is 7.55. The zero-order valence-corrected chi connectivity index (χ0v) is 18.6. The second-order valence-electron chi connectivity index (χ2n) is 7.39. The normalized spacial score (nSPS) is 12.4. The van der Waals surface area contributed by atoms with Gasteiger partial charge in [0.15, 0.2) is 0 Å². The molecule has 0 spiro atoms. The number of benzene rings is 1. The first kappa shape index (κ1) is 23.6. The van der Waals surface area contributed by atoms with Crippen LogP contribution in [0, 0.1) is 0 Å². The number of allylic oxidation sites excluding steroid dienone is 2. The van der Waals surface area contributed by atoms with E-state index in [4.69, 9.17) is 4.74 Å². The lowest BCUT2D eigenvalue weighted by Gasteiger charge is -2.24. The van der Waals surface area contributed by atoms with Crippen molar-refractivity contribution < 1.29 is 20.1 Å². The maximum absolute atomic E-state index is 10.5. The van der Waals surface area contributed by atoms with Crippen molar-refractivity contribution in [2.75, 3.05) is 0 Å². The molecule has 0 amide bonds. The number of rotatable bonds is 12. The van der Waals surface area contributed by atoms with E-state index in [1.54, 1.807) is 23.5 Å². The highest BCUT2D eigenvalue weighted by Crippen LogP contribution is 2.28. The zero-order valence-electron chi connectivity index (χ0n) is 17.8. The highest BCUT2D eigenvalue weighted by molar-refractivity contribution is 7.10. The van der Waals surface area contributed by atoms with Gasteiger partial charge in [0.2, 0.25) is 0 Å². The number of aliphatic hydroxyl groups is 3. The molecular formula is C24H34O4S. The van der Waals surface area contributed by atoms with Crippen molar-refractivity contribution in [2.24, 2.45) is 0 Å². The van der Waals surface area contributed by atoms with E-state index in [0.29, 0.717) is 23.5 Å². The van der Waals surface area contributed by atoms with Gasteiger partial charge in [0.05, 0.1) is 18.8 Å². The van der Waals surface area contributed by atoms with E-state index in [0.717, 1.165) is 37.0 Å². The smallest absolute Gasteiger partial charge is 0.122 e. The van der Waals surface area contributed by atoms with Gasteiger partial charge in [0.1, 0.15) is 12.4 Å². The lowest BCUT2D eigenvalue weighted by molar-refractivity contribution is 0.0246. The van der Waals surface area contributed by atoms with Crippen molar-refractivity contribution in [3.63, 3.8) is 0 Å². The van der Waals surface area contributed by atoms with Gasteiger partial charge in [-0.3, -0.25) is 0 Å². The van der Waals surface area contributed by atoms with Gasteiger partial charge in [0, 0.05) is 4.88 Å². The summed E-state index contributed by atoms with van der Waals surface area (Å²) < 4.78 is 5.88. The highest BCUT2D eigenvalue weighted by atomic mass is 32.1. The van der Waals surface area contributed by atoms with Gasteiger partial charge < -0.3 is 20.1 Å². The van der Waals surface area contributed by atoms with Gasteiger partial charge in [0.25, 0.3) is 0 Å². The zero-order chi connectivity index (χ0) is 21.3. The van der Waals surface area contributed by atoms with E-state index in [-0.39, 0.29) is 13.2 Å². The molecule has 0 saturated carbocycles. The van der Waals surface area contributed by atoms with Crippen molar-refractivity contribution >= 4 is 16.9 Å². The van der Waals surface area contributed by atoms with Crippen LogP contribution in [0.25, 0.3) is 5.57 Å². The van der Waals surface area contributed by atoms with Crippen molar-refractivity contribution in [3.8, 4) is 5.75 Å². The van der Waals surface area contributed by atoms with Crippen LogP contribution < -0.4 is 4.74 Å². The highest BCUT2D eigenvalue weighted by Gasteiger charge is 2.20. The lowest BCUT2D eigenvalue weighted by Crippen LogP contribution is -2.25. The Morgan fingerprint density at radius 1 is 1.07 bits per heavy atom. The van der Waals surface area contributed by atoms with Crippen LogP contribution in [-0.4, -0.2) is 20.9 Å². The lowest BCUT2D eigenvalue weighted by atomic mass is 9.91.